The number of pyridine rings is 1. The lowest BCUT2D eigenvalue weighted by atomic mass is 9.92. The molecule has 0 saturated carbocycles. The molecule has 6 rings (SSSR count). The zero-order valence-electron chi connectivity index (χ0n) is 25.7. The summed E-state index contributed by atoms with van der Waals surface area (Å²) in [7, 11) is 0. The second-order valence-corrected chi connectivity index (χ2v) is 12.1. The fourth-order valence-corrected chi connectivity index (χ4v) is 6.46. The molecule has 3 aliphatic rings. The van der Waals surface area contributed by atoms with Crippen molar-refractivity contribution in [3.8, 4) is 0 Å². The molecule has 3 aliphatic heterocycles. The number of rotatable bonds is 8. The number of amides is 1. The number of aromatic nitrogens is 3. The predicted octanol–water partition coefficient (Wildman–Crippen LogP) is 4.89. The molecule has 232 valence electrons. The first kappa shape index (κ1) is 29.7. The Kier molecular flexibility index (Phi) is 8.54. The molecule has 2 N–H and O–H groups in total. The number of esters is 1. The summed E-state index contributed by atoms with van der Waals surface area (Å²) in [6.07, 6.45) is 5.89. The number of nitrogens with zero attached hydrogens (tertiary/aromatic N) is 5. The molecule has 1 amide bonds. The minimum absolute atomic E-state index is 0.103. The third-order valence-electron chi connectivity index (χ3n) is 8.78. The van der Waals surface area contributed by atoms with Crippen molar-refractivity contribution in [3.05, 3.63) is 71.2 Å². The van der Waals surface area contributed by atoms with E-state index in [1.165, 1.54) is 10.5 Å². The lowest BCUT2D eigenvalue weighted by molar-refractivity contribution is -0.148. The second kappa shape index (κ2) is 12.7. The Morgan fingerprint density at radius 2 is 1.93 bits per heavy atom. The average molecular weight is 600 g/mol. The highest BCUT2D eigenvalue weighted by atomic mass is 16.6. The molecule has 3 aromatic rings. The van der Waals surface area contributed by atoms with Gasteiger partial charge in [-0.2, -0.15) is 0 Å². The van der Waals surface area contributed by atoms with Crippen molar-refractivity contribution in [2.75, 3.05) is 41.7 Å². The van der Waals surface area contributed by atoms with Crippen molar-refractivity contribution >= 4 is 29.5 Å². The number of cyclic esters (lactones) is 1. The van der Waals surface area contributed by atoms with Gasteiger partial charge in [0, 0.05) is 43.4 Å². The first-order valence-corrected chi connectivity index (χ1v) is 15.6. The van der Waals surface area contributed by atoms with Gasteiger partial charge in [0.2, 0.25) is 0 Å². The number of ether oxygens (including phenoxy) is 2. The summed E-state index contributed by atoms with van der Waals surface area (Å²) < 4.78 is 11.2. The van der Waals surface area contributed by atoms with Crippen LogP contribution in [0.1, 0.15) is 68.3 Å². The molecule has 44 heavy (non-hydrogen) atoms. The fraction of sp³-hybridized carbons (Fsp3) is 0.485. The average Bonchev–Trinajstić information content (AvgIpc) is 3.29. The molecular formula is C33H41N7O4. The van der Waals surface area contributed by atoms with E-state index in [1.54, 1.807) is 20.2 Å². The molecule has 0 radical (unpaired) electrons. The molecule has 11 nitrogen and oxygen atoms in total. The minimum Gasteiger partial charge on any atom is -0.444 e. The summed E-state index contributed by atoms with van der Waals surface area (Å²) in [5.41, 5.74) is 3.17. The number of carbonyl (C=O) groups excluding carboxylic acids is 2. The Labute approximate surface area is 258 Å². The standard InChI is InChI=1S/C33H41N7O4/c1-4-25-29(35-19-27-31(41)44-33(2,3)40(27)32(42)43-20-22-9-6-5-7-10-22)36-21-37-30(25)39-17-14-23(15-18-39)26-13-12-24-11-8-16-34-28(24)38-26/h5-7,9-10,12-13,21,23,27H,4,8,11,14-20H2,1-3H3,(H,34,38)(H,35,36,37)/t27-/m0/s1. The summed E-state index contributed by atoms with van der Waals surface area (Å²) in [6.45, 7) is 8.41. The molecule has 11 heteroatoms. The Morgan fingerprint density at radius 3 is 2.70 bits per heavy atom. The Hall–Kier alpha value is -4.41. The van der Waals surface area contributed by atoms with Crippen molar-refractivity contribution in [1.29, 1.82) is 0 Å². The summed E-state index contributed by atoms with van der Waals surface area (Å²) in [5.74, 6) is 2.52. The van der Waals surface area contributed by atoms with E-state index in [-0.39, 0.29) is 13.2 Å². The second-order valence-electron chi connectivity index (χ2n) is 12.1. The van der Waals surface area contributed by atoms with Gasteiger partial charge in [-0.1, -0.05) is 43.3 Å². The van der Waals surface area contributed by atoms with E-state index in [0.717, 1.165) is 73.8 Å². The highest BCUT2D eigenvalue weighted by Crippen LogP contribution is 2.34. The van der Waals surface area contributed by atoms with E-state index in [0.29, 0.717) is 18.2 Å². The molecule has 5 heterocycles. The largest absolute Gasteiger partial charge is 0.444 e. The molecule has 0 aliphatic carbocycles. The van der Waals surface area contributed by atoms with Crippen LogP contribution in [0.3, 0.4) is 0 Å². The maximum Gasteiger partial charge on any atom is 0.414 e. The first-order valence-electron chi connectivity index (χ1n) is 15.6. The van der Waals surface area contributed by atoms with Crippen molar-refractivity contribution in [3.63, 3.8) is 0 Å². The van der Waals surface area contributed by atoms with Crippen molar-refractivity contribution in [2.45, 2.75) is 77.2 Å². The van der Waals surface area contributed by atoms with Crippen LogP contribution >= 0.6 is 0 Å². The monoisotopic (exact) mass is 599 g/mol. The van der Waals surface area contributed by atoms with Gasteiger partial charge in [-0.3, -0.25) is 4.90 Å². The number of benzene rings is 1. The van der Waals surface area contributed by atoms with Crippen LogP contribution in [0.2, 0.25) is 0 Å². The SMILES string of the molecule is CCc1c(NC[C@H]2C(=O)OC(C)(C)N2C(=O)OCc2ccccc2)ncnc1N1CCC(c2ccc3c(n2)NCCC3)CC1. The van der Waals surface area contributed by atoms with Crippen molar-refractivity contribution in [2.24, 2.45) is 0 Å². The maximum absolute atomic E-state index is 13.2. The van der Waals surface area contributed by atoms with Crippen LogP contribution < -0.4 is 15.5 Å². The fourth-order valence-electron chi connectivity index (χ4n) is 6.46. The quantitative estimate of drug-likeness (QED) is 0.346. The number of hydrogen-bond donors (Lipinski definition) is 2. The van der Waals surface area contributed by atoms with E-state index in [4.69, 9.17) is 14.5 Å². The molecule has 1 aromatic carbocycles. The van der Waals surface area contributed by atoms with Crippen LogP contribution in [0.15, 0.2) is 48.8 Å². The highest BCUT2D eigenvalue weighted by Gasteiger charge is 2.51. The third-order valence-corrected chi connectivity index (χ3v) is 8.78. The molecule has 0 spiro atoms. The maximum atomic E-state index is 13.2. The number of piperidine rings is 1. The van der Waals surface area contributed by atoms with Crippen LogP contribution in [0, 0.1) is 0 Å². The third kappa shape index (κ3) is 6.13. The van der Waals surface area contributed by atoms with Crippen LogP contribution in [0.5, 0.6) is 0 Å². The van der Waals surface area contributed by atoms with E-state index < -0.39 is 23.8 Å². The zero-order valence-corrected chi connectivity index (χ0v) is 25.7. The molecule has 0 unspecified atom stereocenters. The van der Waals surface area contributed by atoms with Crippen LogP contribution in [0.4, 0.5) is 22.2 Å². The van der Waals surface area contributed by atoms with Gasteiger partial charge in [0.25, 0.3) is 0 Å². The number of hydrogen-bond acceptors (Lipinski definition) is 10. The van der Waals surface area contributed by atoms with Gasteiger partial charge in [0.05, 0.1) is 0 Å². The van der Waals surface area contributed by atoms with E-state index in [9.17, 15) is 9.59 Å². The van der Waals surface area contributed by atoms with Gasteiger partial charge < -0.3 is 25.0 Å². The van der Waals surface area contributed by atoms with Crippen LogP contribution in [0.25, 0.3) is 0 Å². The summed E-state index contributed by atoms with van der Waals surface area (Å²) in [5, 5.41) is 6.79. The predicted molar refractivity (Wildman–Crippen MR) is 168 cm³/mol. The normalized spacial score (nSPS) is 19.6. The van der Waals surface area contributed by atoms with E-state index in [2.05, 4.69) is 44.6 Å². The number of aryl methyl sites for hydroxylation is 1. The van der Waals surface area contributed by atoms with Gasteiger partial charge >= 0.3 is 12.1 Å². The van der Waals surface area contributed by atoms with E-state index >= 15 is 0 Å². The van der Waals surface area contributed by atoms with Crippen molar-refractivity contribution < 1.29 is 19.1 Å². The molecule has 1 atom stereocenters. The van der Waals surface area contributed by atoms with E-state index in [1.807, 2.05) is 30.3 Å². The van der Waals surface area contributed by atoms with Crippen LogP contribution in [-0.2, 0) is 33.7 Å². The summed E-state index contributed by atoms with van der Waals surface area (Å²) >= 11 is 0. The lowest BCUT2D eigenvalue weighted by Gasteiger charge is -2.34. The molecule has 2 fully saturated rings. The van der Waals surface area contributed by atoms with Gasteiger partial charge in [-0.05, 0) is 63.1 Å². The van der Waals surface area contributed by atoms with Gasteiger partial charge in [0.15, 0.2) is 11.8 Å². The number of anilines is 3. The molecule has 0 bridgehead atoms. The number of fused-ring (bicyclic) bond motifs is 1. The lowest BCUT2D eigenvalue weighted by Crippen LogP contribution is -2.50. The smallest absolute Gasteiger partial charge is 0.414 e. The molecule has 2 aromatic heterocycles. The number of nitrogens with one attached hydrogen (secondary N) is 2. The molecule has 2 saturated heterocycles. The van der Waals surface area contributed by atoms with Gasteiger partial charge in [0.1, 0.15) is 30.4 Å². The molecular weight excluding hydrogens is 558 g/mol. The summed E-state index contributed by atoms with van der Waals surface area (Å²) in [4.78, 5) is 44.0. The minimum atomic E-state index is -1.14. The topological polar surface area (TPSA) is 122 Å². The Bertz CT molecular complexity index is 1490. The Balaban J connectivity index is 1.11. The van der Waals surface area contributed by atoms with Crippen LogP contribution in [-0.4, -0.2) is 69.9 Å². The number of carbonyl (C=O) groups is 2. The summed E-state index contributed by atoms with van der Waals surface area (Å²) in [6, 6.07) is 13.0. The van der Waals surface area contributed by atoms with Gasteiger partial charge in [-0.25, -0.2) is 24.5 Å². The first-order chi connectivity index (χ1) is 21.3. The van der Waals surface area contributed by atoms with Gasteiger partial charge in [-0.15, -0.1) is 0 Å². The van der Waals surface area contributed by atoms with Crippen molar-refractivity contribution in [1.82, 2.24) is 19.9 Å². The Morgan fingerprint density at radius 1 is 1.14 bits per heavy atom. The highest BCUT2D eigenvalue weighted by molar-refractivity contribution is 5.86. The zero-order chi connectivity index (χ0) is 30.7.